The molecule has 2 saturated carbocycles. The largest absolute Gasteiger partial charge is 0.461 e. The molecule has 52 heavy (non-hydrogen) atoms. The second-order valence-corrected chi connectivity index (χ2v) is 15.3. The van der Waals surface area contributed by atoms with Gasteiger partial charge in [-0.25, -0.2) is 4.79 Å². The van der Waals surface area contributed by atoms with Crippen LogP contribution in [-0.2, 0) is 47.7 Å². The molecule has 3 aliphatic carbocycles. The summed E-state index contributed by atoms with van der Waals surface area (Å²) in [4.78, 5) is 65.8. The van der Waals surface area contributed by atoms with Gasteiger partial charge < -0.3 is 28.8 Å². The Morgan fingerprint density at radius 1 is 0.942 bits per heavy atom. The summed E-state index contributed by atoms with van der Waals surface area (Å²) < 4.78 is 30.9. The van der Waals surface area contributed by atoms with E-state index < -0.39 is 95.1 Å². The van der Waals surface area contributed by atoms with E-state index in [-0.39, 0.29) is 12.8 Å². The summed E-state index contributed by atoms with van der Waals surface area (Å²) in [5.41, 5.74) is 0.493. The fourth-order valence-corrected chi connectivity index (χ4v) is 8.92. The summed E-state index contributed by atoms with van der Waals surface area (Å²) in [5.74, 6) is -5.42. The Labute approximate surface area is 306 Å². The summed E-state index contributed by atoms with van der Waals surface area (Å²) >= 11 is 0. The molecule has 1 aromatic rings. The predicted octanol–water partition coefficient (Wildman–Crippen LogP) is 6.07. The lowest BCUT2D eigenvalue weighted by Gasteiger charge is -2.60. The van der Waals surface area contributed by atoms with Crippen LogP contribution in [0.15, 0.2) is 59.7 Å². The van der Waals surface area contributed by atoms with E-state index in [0.29, 0.717) is 24.0 Å². The molecule has 1 N–H and O–H groups in total. The first kappa shape index (κ1) is 40.5. The second-order valence-electron chi connectivity index (χ2n) is 15.3. The highest BCUT2D eigenvalue weighted by atomic mass is 16.6. The van der Waals surface area contributed by atoms with Crippen LogP contribution >= 0.6 is 0 Å². The van der Waals surface area contributed by atoms with Crippen molar-refractivity contribution >= 4 is 35.9 Å². The van der Waals surface area contributed by atoms with Crippen LogP contribution in [0, 0.1) is 28.6 Å². The number of aliphatic hydroxyl groups is 1. The highest BCUT2D eigenvalue weighted by molar-refractivity contribution is 5.87. The molecule has 0 heterocycles. The zero-order chi connectivity index (χ0) is 38.7. The maximum Gasteiger partial charge on any atom is 0.331 e. The molecular weight excluding hydrogens is 668 g/mol. The Hall–Kier alpha value is -4.25. The van der Waals surface area contributed by atoms with Crippen LogP contribution < -0.4 is 0 Å². The standard InChI is InChI=1S/C41H54O11/c1-11-29(45)23(3)39(47)51-31-21-22(2)33-37(50-27(7)44)38(52-32(46)18-17-28-15-13-12-14-16-28)41(10)20-19-30(48-25(5)42)24(4)34(41)36(49-26(6)43)35(31)40(33,8)9/h12-18,23,29-31,34-38,45H,4,11,19-21H2,1-3,5-10H3/b18-17+/t23?,29?,30-,31-,34-,35-,36-,37+,38-,41+/m0/s1. The van der Waals surface area contributed by atoms with Crippen LogP contribution in [0.25, 0.3) is 6.08 Å². The van der Waals surface area contributed by atoms with Crippen LogP contribution in [-0.4, -0.2) is 71.6 Å². The summed E-state index contributed by atoms with van der Waals surface area (Å²) in [5, 5.41) is 10.5. The van der Waals surface area contributed by atoms with Gasteiger partial charge in [0.2, 0.25) is 0 Å². The predicted molar refractivity (Wildman–Crippen MR) is 192 cm³/mol. The van der Waals surface area contributed by atoms with Crippen molar-refractivity contribution in [1.29, 1.82) is 0 Å². The molecule has 1 aromatic carbocycles. The molecule has 2 unspecified atom stereocenters. The Kier molecular flexibility index (Phi) is 12.6. The summed E-state index contributed by atoms with van der Waals surface area (Å²) in [6.45, 7) is 19.2. The van der Waals surface area contributed by atoms with E-state index in [0.717, 1.165) is 11.1 Å². The van der Waals surface area contributed by atoms with Crippen LogP contribution in [0.5, 0.6) is 0 Å². The van der Waals surface area contributed by atoms with Gasteiger partial charge in [-0.05, 0) is 61.3 Å². The van der Waals surface area contributed by atoms with Crippen LogP contribution in [0.4, 0.5) is 0 Å². The molecule has 0 aliphatic heterocycles. The normalized spacial score (nSPS) is 30.9. The zero-order valence-electron chi connectivity index (χ0n) is 31.8. The number of fused-ring (bicyclic) bond motifs is 3. The number of carbonyl (C=O) groups excluding carboxylic acids is 5. The van der Waals surface area contributed by atoms with Crippen molar-refractivity contribution in [2.75, 3.05) is 0 Å². The van der Waals surface area contributed by atoms with E-state index in [1.54, 1.807) is 19.9 Å². The summed E-state index contributed by atoms with van der Waals surface area (Å²) in [7, 11) is 0. The molecule has 0 spiro atoms. The lowest BCUT2D eigenvalue weighted by Crippen LogP contribution is -2.65. The van der Waals surface area contributed by atoms with Crippen molar-refractivity contribution in [1.82, 2.24) is 0 Å². The average Bonchev–Trinajstić information content (AvgIpc) is 3.05. The molecule has 284 valence electrons. The molecule has 2 fully saturated rings. The third-order valence-corrected chi connectivity index (χ3v) is 11.2. The van der Waals surface area contributed by atoms with E-state index in [1.807, 2.05) is 58.0 Å². The van der Waals surface area contributed by atoms with Crippen molar-refractivity contribution < 1.29 is 52.8 Å². The number of hydrogen-bond acceptors (Lipinski definition) is 11. The second kappa shape index (κ2) is 16.2. The fraction of sp³-hybridized carbons (Fsp3) is 0.585. The quantitative estimate of drug-likeness (QED) is 0.130. The molecule has 0 saturated heterocycles. The topological polar surface area (TPSA) is 152 Å². The molecule has 4 rings (SSSR count). The smallest absolute Gasteiger partial charge is 0.331 e. The molecule has 0 aromatic heterocycles. The lowest BCUT2D eigenvalue weighted by molar-refractivity contribution is -0.211. The SMILES string of the molecule is C=C1[C@@H](OC(C)=O)CC[C@@]2(C)[C@@H](OC(=O)/C=C/c3ccccc3)[C@H](OC(C)=O)C3=C(C)C[C@H](OC(=O)C(C)C(O)CC)[C@@H]([C@@H](OC(C)=O)[C@H]12)C3(C)C. The van der Waals surface area contributed by atoms with E-state index in [1.165, 1.54) is 26.8 Å². The Balaban J connectivity index is 1.99. The Morgan fingerprint density at radius 3 is 2.13 bits per heavy atom. The maximum atomic E-state index is 13.8. The molecule has 0 radical (unpaired) electrons. The number of hydrogen-bond donors (Lipinski definition) is 1. The minimum Gasteiger partial charge on any atom is -0.461 e. The third kappa shape index (κ3) is 8.35. The molecule has 10 atom stereocenters. The van der Waals surface area contributed by atoms with E-state index in [9.17, 15) is 29.1 Å². The Morgan fingerprint density at radius 2 is 1.56 bits per heavy atom. The first-order chi connectivity index (χ1) is 24.3. The Bertz CT molecular complexity index is 1610. The summed E-state index contributed by atoms with van der Waals surface area (Å²) in [6.07, 6.45) is -1.73. The molecule has 0 amide bonds. The molecule has 2 bridgehead atoms. The van der Waals surface area contributed by atoms with Gasteiger partial charge in [0.25, 0.3) is 0 Å². The fourth-order valence-electron chi connectivity index (χ4n) is 8.92. The van der Waals surface area contributed by atoms with E-state index >= 15 is 0 Å². The lowest BCUT2D eigenvalue weighted by atomic mass is 9.49. The summed E-state index contributed by atoms with van der Waals surface area (Å²) in [6, 6.07) is 9.24. The van der Waals surface area contributed by atoms with Gasteiger partial charge in [-0.2, -0.15) is 0 Å². The van der Waals surface area contributed by atoms with Gasteiger partial charge in [0.05, 0.1) is 12.0 Å². The number of esters is 5. The minimum atomic E-state index is -1.12. The van der Waals surface area contributed by atoms with Crippen molar-refractivity contribution in [3.05, 3.63) is 65.3 Å². The van der Waals surface area contributed by atoms with Gasteiger partial charge in [-0.15, -0.1) is 0 Å². The van der Waals surface area contributed by atoms with Crippen molar-refractivity contribution in [2.24, 2.45) is 28.6 Å². The molecule has 3 aliphatic rings. The van der Waals surface area contributed by atoms with Crippen molar-refractivity contribution in [3.8, 4) is 0 Å². The number of benzene rings is 1. The molecular formula is C41H54O11. The van der Waals surface area contributed by atoms with E-state index in [2.05, 4.69) is 6.58 Å². The number of aliphatic hydroxyl groups excluding tert-OH is 1. The van der Waals surface area contributed by atoms with Crippen LogP contribution in [0.2, 0.25) is 0 Å². The molecule has 11 nitrogen and oxygen atoms in total. The highest BCUT2D eigenvalue weighted by Gasteiger charge is 2.65. The van der Waals surface area contributed by atoms with Crippen molar-refractivity contribution in [3.63, 3.8) is 0 Å². The number of ether oxygens (including phenoxy) is 5. The monoisotopic (exact) mass is 722 g/mol. The van der Waals surface area contributed by atoms with Gasteiger partial charge in [0.1, 0.15) is 24.4 Å². The van der Waals surface area contributed by atoms with Crippen LogP contribution in [0.1, 0.15) is 93.6 Å². The first-order valence-electron chi connectivity index (χ1n) is 18.1. The van der Waals surface area contributed by atoms with Gasteiger partial charge in [-0.1, -0.05) is 70.2 Å². The zero-order valence-corrected chi connectivity index (χ0v) is 31.8. The van der Waals surface area contributed by atoms with Gasteiger partial charge in [0.15, 0.2) is 6.10 Å². The average molecular weight is 723 g/mol. The van der Waals surface area contributed by atoms with Gasteiger partial charge >= 0.3 is 29.8 Å². The van der Waals surface area contributed by atoms with E-state index in [4.69, 9.17) is 23.7 Å². The van der Waals surface area contributed by atoms with Crippen LogP contribution in [0.3, 0.4) is 0 Å². The number of rotatable bonds is 10. The molecule has 11 heteroatoms. The maximum absolute atomic E-state index is 13.8. The van der Waals surface area contributed by atoms with Gasteiger partial charge in [0, 0.05) is 50.5 Å². The minimum absolute atomic E-state index is 0.178. The first-order valence-corrected chi connectivity index (χ1v) is 18.1. The van der Waals surface area contributed by atoms with Gasteiger partial charge in [-0.3, -0.25) is 19.2 Å². The number of carbonyl (C=O) groups is 5. The third-order valence-electron chi connectivity index (χ3n) is 11.2. The highest BCUT2D eigenvalue weighted by Crippen LogP contribution is 2.61. The van der Waals surface area contributed by atoms with Crippen molar-refractivity contribution in [2.45, 2.75) is 125 Å².